The van der Waals surface area contributed by atoms with Crippen LogP contribution in [0.2, 0.25) is 0 Å². The molecule has 180 valence electrons. The van der Waals surface area contributed by atoms with Gasteiger partial charge in [-0.1, -0.05) is 35.8 Å². The monoisotopic (exact) mass is 615 g/mol. The summed E-state index contributed by atoms with van der Waals surface area (Å²) in [6.45, 7) is 4.38. The molecule has 0 aliphatic carbocycles. The van der Waals surface area contributed by atoms with E-state index in [2.05, 4.69) is 73.5 Å². The molecular formula is C26H23Br2N3O3S. The third kappa shape index (κ3) is 5.74. The van der Waals surface area contributed by atoms with Crippen LogP contribution >= 0.6 is 44.1 Å². The van der Waals surface area contributed by atoms with Crippen molar-refractivity contribution in [1.82, 2.24) is 10.3 Å². The van der Waals surface area contributed by atoms with Crippen LogP contribution in [0.3, 0.4) is 0 Å². The van der Waals surface area contributed by atoms with Crippen molar-refractivity contribution in [3.8, 4) is 17.2 Å². The first-order chi connectivity index (χ1) is 16.8. The van der Waals surface area contributed by atoms with Crippen molar-refractivity contribution < 1.29 is 13.9 Å². The highest BCUT2D eigenvalue weighted by Crippen LogP contribution is 2.33. The standard InChI is InChI=1S/C26H23Br2N3O3S/c1-4-14(2)16-7-10-22-21(11-16)30-25(34-22)15-5-8-18(9-6-15)29-26(35)31-24(32)19-12-17(27)13-20(28)23(19)33-3/h5-14H,4H2,1-3H3,(H2,29,31,32,35)/t14-/m0/s1. The molecule has 0 aliphatic heterocycles. The molecule has 2 N–H and O–H groups in total. The SMILES string of the molecule is CC[C@H](C)c1ccc2oc(-c3ccc(NC(=S)NC(=O)c4cc(Br)cc(Br)c4OC)cc3)nc2c1. The second kappa shape index (κ2) is 10.9. The van der Waals surface area contributed by atoms with Crippen LogP contribution in [0.25, 0.3) is 22.6 Å². The summed E-state index contributed by atoms with van der Waals surface area (Å²) in [6, 6.07) is 17.1. The number of benzene rings is 3. The molecule has 1 amide bonds. The Kier molecular flexibility index (Phi) is 7.88. The lowest BCUT2D eigenvalue weighted by atomic mass is 9.98. The number of thiocarbonyl (C=S) groups is 1. The molecule has 0 aliphatic rings. The molecule has 4 aromatic rings. The number of hydrogen-bond acceptors (Lipinski definition) is 5. The van der Waals surface area contributed by atoms with Gasteiger partial charge in [0.1, 0.15) is 11.3 Å². The first kappa shape index (κ1) is 25.3. The summed E-state index contributed by atoms with van der Waals surface area (Å²) < 4.78 is 12.7. The number of fused-ring (bicyclic) bond motifs is 1. The van der Waals surface area contributed by atoms with Gasteiger partial charge in [-0.05, 0) is 94.6 Å². The van der Waals surface area contributed by atoms with Gasteiger partial charge in [0.05, 0.1) is 17.1 Å². The zero-order valence-electron chi connectivity index (χ0n) is 19.3. The minimum atomic E-state index is -0.388. The molecule has 0 unspecified atom stereocenters. The van der Waals surface area contributed by atoms with Crippen LogP contribution in [0, 0.1) is 0 Å². The van der Waals surface area contributed by atoms with E-state index in [0.717, 1.165) is 33.2 Å². The number of nitrogens with one attached hydrogen (secondary N) is 2. The topological polar surface area (TPSA) is 76.4 Å². The number of carbonyl (C=O) groups excluding carboxylic acids is 1. The number of nitrogens with zero attached hydrogens (tertiary/aromatic N) is 1. The van der Waals surface area contributed by atoms with Crippen LogP contribution in [0.15, 0.2) is 68.0 Å². The second-order valence-corrected chi connectivity index (χ2v) is 10.2. The number of methoxy groups -OCH3 is 1. The summed E-state index contributed by atoms with van der Waals surface area (Å²) in [5.41, 5.74) is 4.77. The van der Waals surface area contributed by atoms with Crippen molar-refractivity contribution in [3.63, 3.8) is 0 Å². The van der Waals surface area contributed by atoms with Gasteiger partial charge in [0, 0.05) is 15.7 Å². The molecule has 1 atom stereocenters. The van der Waals surface area contributed by atoms with E-state index < -0.39 is 0 Å². The minimum Gasteiger partial charge on any atom is -0.495 e. The van der Waals surface area contributed by atoms with Crippen LogP contribution in [0.1, 0.15) is 42.1 Å². The van der Waals surface area contributed by atoms with Gasteiger partial charge in [-0.3, -0.25) is 10.1 Å². The van der Waals surface area contributed by atoms with E-state index in [1.54, 1.807) is 12.1 Å². The van der Waals surface area contributed by atoms with Crippen molar-refractivity contribution in [2.45, 2.75) is 26.2 Å². The Morgan fingerprint density at radius 2 is 1.89 bits per heavy atom. The lowest BCUT2D eigenvalue weighted by Crippen LogP contribution is -2.34. The van der Waals surface area contributed by atoms with Gasteiger partial charge >= 0.3 is 0 Å². The highest BCUT2D eigenvalue weighted by Gasteiger charge is 2.18. The first-order valence-electron chi connectivity index (χ1n) is 10.9. The molecule has 1 aromatic heterocycles. The van der Waals surface area contributed by atoms with Gasteiger partial charge in [0.2, 0.25) is 5.89 Å². The van der Waals surface area contributed by atoms with Gasteiger partial charge in [-0.2, -0.15) is 0 Å². The van der Waals surface area contributed by atoms with E-state index in [4.69, 9.17) is 21.4 Å². The molecule has 35 heavy (non-hydrogen) atoms. The second-order valence-electron chi connectivity index (χ2n) is 8.01. The quantitative estimate of drug-likeness (QED) is 0.217. The Morgan fingerprint density at radius 3 is 2.57 bits per heavy atom. The molecule has 0 fully saturated rings. The lowest BCUT2D eigenvalue weighted by Gasteiger charge is -2.13. The maximum Gasteiger partial charge on any atom is 0.261 e. The smallest absolute Gasteiger partial charge is 0.261 e. The summed E-state index contributed by atoms with van der Waals surface area (Å²) in [7, 11) is 1.50. The summed E-state index contributed by atoms with van der Waals surface area (Å²) in [5.74, 6) is 1.06. The van der Waals surface area contributed by atoms with Gasteiger partial charge in [0.15, 0.2) is 10.7 Å². The number of amides is 1. The Bertz CT molecular complexity index is 1400. The van der Waals surface area contributed by atoms with Gasteiger partial charge in [-0.25, -0.2) is 4.98 Å². The number of hydrogen-bond donors (Lipinski definition) is 2. The number of anilines is 1. The summed E-state index contributed by atoms with van der Waals surface area (Å²) in [6.07, 6.45) is 1.07. The molecule has 0 saturated heterocycles. The molecule has 1 heterocycles. The number of ether oxygens (including phenoxy) is 1. The number of oxazole rings is 1. The molecule has 0 bridgehead atoms. The Labute approximate surface area is 225 Å². The van der Waals surface area contributed by atoms with E-state index in [1.165, 1.54) is 12.7 Å². The fourth-order valence-electron chi connectivity index (χ4n) is 3.58. The first-order valence-corrected chi connectivity index (χ1v) is 12.9. The number of halogens is 2. The molecule has 9 heteroatoms. The number of rotatable bonds is 6. The van der Waals surface area contributed by atoms with E-state index >= 15 is 0 Å². The van der Waals surface area contributed by atoms with Gasteiger partial charge < -0.3 is 14.5 Å². The van der Waals surface area contributed by atoms with Crippen LogP contribution in [0.4, 0.5) is 5.69 Å². The largest absolute Gasteiger partial charge is 0.495 e. The molecule has 4 rings (SSSR count). The Hall–Kier alpha value is -2.75. The molecular weight excluding hydrogens is 594 g/mol. The highest BCUT2D eigenvalue weighted by atomic mass is 79.9. The van der Waals surface area contributed by atoms with Crippen LogP contribution < -0.4 is 15.4 Å². The number of carbonyl (C=O) groups is 1. The van der Waals surface area contributed by atoms with Crippen LogP contribution in [-0.4, -0.2) is 23.1 Å². The summed E-state index contributed by atoms with van der Waals surface area (Å²) in [4.78, 5) is 17.4. The average molecular weight is 617 g/mol. The molecule has 0 radical (unpaired) electrons. The van der Waals surface area contributed by atoms with Crippen molar-refractivity contribution in [1.29, 1.82) is 0 Å². The van der Waals surface area contributed by atoms with Gasteiger partial charge in [0.25, 0.3) is 5.91 Å². The fourth-order valence-corrected chi connectivity index (χ4v) is 5.17. The maximum atomic E-state index is 12.8. The van der Waals surface area contributed by atoms with Crippen molar-refractivity contribution in [2.24, 2.45) is 0 Å². The van der Waals surface area contributed by atoms with Crippen LogP contribution in [0.5, 0.6) is 5.75 Å². The zero-order chi connectivity index (χ0) is 25.1. The van der Waals surface area contributed by atoms with E-state index in [-0.39, 0.29) is 11.0 Å². The number of aromatic nitrogens is 1. The molecule has 0 saturated carbocycles. The third-order valence-corrected chi connectivity index (χ3v) is 6.92. The molecule has 3 aromatic carbocycles. The zero-order valence-corrected chi connectivity index (χ0v) is 23.3. The predicted octanol–water partition coefficient (Wildman–Crippen LogP) is 7.67. The Balaban J connectivity index is 1.45. The van der Waals surface area contributed by atoms with Crippen molar-refractivity contribution in [3.05, 3.63) is 74.7 Å². The van der Waals surface area contributed by atoms with Crippen LogP contribution in [-0.2, 0) is 0 Å². The maximum absolute atomic E-state index is 12.8. The van der Waals surface area contributed by atoms with E-state index in [0.29, 0.717) is 27.6 Å². The highest BCUT2D eigenvalue weighted by molar-refractivity contribution is 9.11. The van der Waals surface area contributed by atoms with E-state index in [9.17, 15) is 4.79 Å². The summed E-state index contributed by atoms with van der Waals surface area (Å²) >= 11 is 12.1. The van der Waals surface area contributed by atoms with Crippen molar-refractivity contribution in [2.75, 3.05) is 12.4 Å². The van der Waals surface area contributed by atoms with E-state index in [1.807, 2.05) is 30.3 Å². The predicted molar refractivity (Wildman–Crippen MR) is 150 cm³/mol. The molecule has 0 spiro atoms. The third-order valence-electron chi connectivity index (χ3n) is 5.67. The Morgan fingerprint density at radius 1 is 1.14 bits per heavy atom. The fraction of sp³-hybridized carbons (Fsp3) is 0.192. The minimum absolute atomic E-state index is 0.167. The van der Waals surface area contributed by atoms with Crippen molar-refractivity contribution >= 4 is 71.9 Å². The average Bonchev–Trinajstić information content (AvgIpc) is 3.27. The molecule has 6 nitrogen and oxygen atoms in total. The normalized spacial score (nSPS) is 11.8. The lowest BCUT2D eigenvalue weighted by molar-refractivity contribution is 0.0974. The summed E-state index contributed by atoms with van der Waals surface area (Å²) in [5, 5.41) is 5.88. The van der Waals surface area contributed by atoms with Gasteiger partial charge in [-0.15, -0.1) is 0 Å².